The first-order valence-electron chi connectivity index (χ1n) is 7.22. The van der Waals surface area contributed by atoms with Gasteiger partial charge in [-0.2, -0.15) is 11.8 Å². The minimum Gasteiger partial charge on any atom is -0.399 e. The maximum atomic E-state index is 12.0. The first kappa shape index (κ1) is 20.1. The molecule has 0 saturated carbocycles. The maximum Gasteiger partial charge on any atom is 0.220 e. The molecule has 0 aliphatic heterocycles. The second-order valence-electron chi connectivity index (χ2n) is 5.07. The van der Waals surface area contributed by atoms with Crippen LogP contribution in [0.25, 0.3) is 0 Å². The molecule has 1 rings (SSSR count). The lowest BCUT2D eigenvalue weighted by Gasteiger charge is -2.29. The number of rotatable bonds is 8. The average Bonchev–Trinajstić information content (AvgIpc) is 2.48. The van der Waals surface area contributed by atoms with Gasteiger partial charge in [0.15, 0.2) is 0 Å². The number of aryl methyl sites for hydroxylation is 1. The lowest BCUT2D eigenvalue weighted by atomic mass is 10.0. The lowest BCUT2D eigenvalue weighted by Crippen LogP contribution is -2.39. The van der Waals surface area contributed by atoms with Gasteiger partial charge in [-0.3, -0.25) is 4.79 Å². The van der Waals surface area contributed by atoms with E-state index in [2.05, 4.69) is 25.4 Å². The van der Waals surface area contributed by atoms with Crippen LogP contribution in [0.2, 0.25) is 0 Å². The molecule has 0 radical (unpaired) electrons. The molecule has 0 atom stereocenters. The van der Waals surface area contributed by atoms with Crippen molar-refractivity contribution in [3.63, 3.8) is 0 Å². The van der Waals surface area contributed by atoms with Crippen molar-refractivity contribution in [3.05, 3.63) is 29.8 Å². The predicted molar refractivity (Wildman–Crippen MR) is 96.3 cm³/mol. The van der Waals surface area contributed by atoms with Gasteiger partial charge in [-0.1, -0.05) is 32.0 Å². The van der Waals surface area contributed by atoms with E-state index in [4.69, 9.17) is 5.73 Å². The van der Waals surface area contributed by atoms with Crippen LogP contribution in [0.5, 0.6) is 0 Å². The third-order valence-corrected chi connectivity index (χ3v) is 5.59. The highest BCUT2D eigenvalue weighted by molar-refractivity contribution is 8.00. The molecular weight excluding hydrogens is 304 g/mol. The van der Waals surface area contributed by atoms with Gasteiger partial charge < -0.3 is 11.1 Å². The molecular formula is C16H27ClN2OS. The van der Waals surface area contributed by atoms with Gasteiger partial charge in [0.25, 0.3) is 0 Å². The van der Waals surface area contributed by atoms with E-state index in [1.165, 1.54) is 0 Å². The highest BCUT2D eigenvalue weighted by Crippen LogP contribution is 2.29. The second kappa shape index (κ2) is 9.96. The van der Waals surface area contributed by atoms with Crippen molar-refractivity contribution in [2.45, 2.75) is 44.3 Å². The number of nitrogen functional groups attached to an aromatic ring is 1. The molecule has 0 aliphatic carbocycles. The van der Waals surface area contributed by atoms with Gasteiger partial charge in [0.2, 0.25) is 5.91 Å². The molecule has 1 aromatic carbocycles. The third kappa shape index (κ3) is 6.18. The van der Waals surface area contributed by atoms with Gasteiger partial charge >= 0.3 is 0 Å². The number of amides is 1. The summed E-state index contributed by atoms with van der Waals surface area (Å²) in [7, 11) is 0. The van der Waals surface area contributed by atoms with Crippen molar-refractivity contribution in [1.29, 1.82) is 0 Å². The Balaban J connectivity index is 0.00000400. The first-order valence-corrected chi connectivity index (χ1v) is 8.44. The van der Waals surface area contributed by atoms with Crippen molar-refractivity contribution in [2.75, 3.05) is 18.5 Å². The number of nitrogens with two attached hydrogens (primary N) is 1. The summed E-state index contributed by atoms with van der Waals surface area (Å²) in [5, 5.41) is 3.07. The second-order valence-corrected chi connectivity index (χ2v) is 6.34. The van der Waals surface area contributed by atoms with Crippen molar-refractivity contribution >= 4 is 35.8 Å². The lowest BCUT2D eigenvalue weighted by molar-refractivity contribution is -0.121. The van der Waals surface area contributed by atoms with E-state index in [-0.39, 0.29) is 23.1 Å². The van der Waals surface area contributed by atoms with Crippen molar-refractivity contribution in [3.8, 4) is 0 Å². The Morgan fingerprint density at radius 1 is 1.29 bits per heavy atom. The highest BCUT2D eigenvalue weighted by Gasteiger charge is 2.25. The van der Waals surface area contributed by atoms with Crippen molar-refractivity contribution in [2.24, 2.45) is 0 Å². The van der Waals surface area contributed by atoms with Gasteiger partial charge in [0, 0.05) is 23.4 Å². The number of carbonyl (C=O) groups excluding carboxylic acids is 1. The number of carbonyl (C=O) groups is 1. The number of hydrogen-bond acceptors (Lipinski definition) is 3. The predicted octanol–water partition coefficient (Wildman–Crippen LogP) is 3.66. The average molecular weight is 331 g/mol. The van der Waals surface area contributed by atoms with Crippen molar-refractivity contribution in [1.82, 2.24) is 5.32 Å². The summed E-state index contributed by atoms with van der Waals surface area (Å²) in [4.78, 5) is 12.0. The van der Waals surface area contributed by atoms with Gasteiger partial charge in [0.05, 0.1) is 0 Å². The Morgan fingerprint density at radius 2 is 1.90 bits per heavy atom. The summed E-state index contributed by atoms with van der Waals surface area (Å²) in [6.07, 6.45) is 5.44. The SMILES string of the molecule is CCC(CC)(CNC(=O)CCc1ccccc1N)SC.Cl. The molecule has 120 valence electrons. The molecule has 0 fully saturated rings. The topological polar surface area (TPSA) is 55.1 Å². The molecule has 3 nitrogen and oxygen atoms in total. The first-order chi connectivity index (χ1) is 9.56. The number of benzene rings is 1. The van der Waals surface area contributed by atoms with E-state index in [9.17, 15) is 4.79 Å². The number of halogens is 1. The molecule has 0 heterocycles. The summed E-state index contributed by atoms with van der Waals surface area (Å²) >= 11 is 1.84. The summed E-state index contributed by atoms with van der Waals surface area (Å²) in [5.41, 5.74) is 7.69. The van der Waals surface area contributed by atoms with Crippen molar-refractivity contribution < 1.29 is 4.79 Å². The number of hydrogen-bond donors (Lipinski definition) is 2. The zero-order valence-electron chi connectivity index (χ0n) is 13.1. The van der Waals surface area contributed by atoms with Crippen LogP contribution in [0.3, 0.4) is 0 Å². The third-order valence-electron chi connectivity index (χ3n) is 4.01. The van der Waals surface area contributed by atoms with Crippen LogP contribution >= 0.6 is 24.2 Å². The van der Waals surface area contributed by atoms with Gasteiger partial charge in [-0.25, -0.2) is 0 Å². The minimum atomic E-state index is 0. The van der Waals surface area contributed by atoms with Gasteiger partial charge in [-0.05, 0) is 37.1 Å². The molecule has 0 saturated heterocycles. The molecule has 1 aromatic rings. The Labute approximate surface area is 138 Å². The van der Waals surface area contributed by atoms with Crippen LogP contribution in [-0.4, -0.2) is 23.5 Å². The molecule has 0 aliphatic rings. The molecule has 0 spiro atoms. The Kier molecular flexibility index (Phi) is 9.54. The van der Waals surface area contributed by atoms with E-state index in [0.717, 1.165) is 30.6 Å². The minimum absolute atomic E-state index is 0. The normalized spacial score (nSPS) is 10.8. The Bertz CT molecular complexity index is 428. The summed E-state index contributed by atoms with van der Waals surface area (Å²) in [6, 6.07) is 7.72. The maximum absolute atomic E-state index is 12.0. The Morgan fingerprint density at radius 3 is 2.43 bits per heavy atom. The standard InChI is InChI=1S/C16H26N2OS.ClH/c1-4-16(5-2,20-3)12-18-15(19)11-10-13-8-6-7-9-14(13)17;/h6-9H,4-5,10-12,17H2,1-3H3,(H,18,19);1H. The zero-order valence-corrected chi connectivity index (χ0v) is 14.8. The van der Waals surface area contributed by atoms with Gasteiger partial charge in [-0.15, -0.1) is 12.4 Å². The molecule has 5 heteroatoms. The zero-order chi connectivity index (χ0) is 15.0. The monoisotopic (exact) mass is 330 g/mol. The molecule has 1 amide bonds. The van der Waals surface area contributed by atoms with E-state index < -0.39 is 0 Å². The van der Waals surface area contributed by atoms with E-state index in [1.54, 1.807) is 0 Å². The van der Waals surface area contributed by atoms with Crippen LogP contribution in [0.15, 0.2) is 24.3 Å². The fourth-order valence-electron chi connectivity index (χ4n) is 2.22. The highest BCUT2D eigenvalue weighted by atomic mass is 35.5. The van der Waals surface area contributed by atoms with Crippen LogP contribution in [-0.2, 0) is 11.2 Å². The molecule has 0 unspecified atom stereocenters. The quantitative estimate of drug-likeness (QED) is 0.715. The summed E-state index contributed by atoms with van der Waals surface area (Å²) < 4.78 is 0.168. The molecule has 0 aromatic heterocycles. The van der Waals surface area contributed by atoms with Crippen LogP contribution < -0.4 is 11.1 Å². The Hall–Kier alpha value is -0.870. The molecule has 3 N–H and O–H groups in total. The van der Waals surface area contributed by atoms with E-state index >= 15 is 0 Å². The fraction of sp³-hybridized carbons (Fsp3) is 0.562. The van der Waals surface area contributed by atoms with E-state index in [1.807, 2.05) is 36.0 Å². The van der Waals surface area contributed by atoms with Crippen LogP contribution in [0, 0.1) is 0 Å². The summed E-state index contributed by atoms with van der Waals surface area (Å²) in [6.45, 7) is 5.10. The van der Waals surface area contributed by atoms with Crippen LogP contribution in [0.4, 0.5) is 5.69 Å². The number of nitrogens with one attached hydrogen (secondary N) is 1. The molecule has 21 heavy (non-hydrogen) atoms. The number of para-hydroxylation sites is 1. The van der Waals surface area contributed by atoms with Gasteiger partial charge in [0.1, 0.15) is 0 Å². The molecule has 0 bridgehead atoms. The van der Waals surface area contributed by atoms with E-state index in [0.29, 0.717) is 12.8 Å². The van der Waals surface area contributed by atoms with Crippen LogP contribution in [0.1, 0.15) is 38.7 Å². The largest absolute Gasteiger partial charge is 0.399 e. The summed E-state index contributed by atoms with van der Waals surface area (Å²) in [5.74, 6) is 0.105. The number of thioether (sulfide) groups is 1. The smallest absolute Gasteiger partial charge is 0.220 e. The fourth-order valence-corrected chi connectivity index (χ4v) is 3.01. The number of anilines is 1.